The molecule has 1 aromatic heterocycles. The third-order valence-electron chi connectivity index (χ3n) is 4.13. The number of carbonyl (C=O) groups is 1. The number of imidazole rings is 1. The van der Waals surface area contributed by atoms with E-state index in [1.165, 1.54) is 0 Å². The normalized spacial score (nSPS) is 10.2. The molecule has 0 saturated carbocycles. The second kappa shape index (κ2) is 8.55. The number of nitrogens with one attached hydrogen (secondary N) is 1. The Kier molecular flexibility index (Phi) is 6.68. The molecule has 1 amide bonds. The summed E-state index contributed by atoms with van der Waals surface area (Å²) in [5.74, 6) is -0.0254. The fourth-order valence-electron chi connectivity index (χ4n) is 2.90. The van der Waals surface area contributed by atoms with Crippen LogP contribution in [0.5, 0.6) is 0 Å². The maximum atomic E-state index is 12.4. The van der Waals surface area contributed by atoms with Crippen LogP contribution in [-0.2, 0) is 51.1 Å². The molecular weight excluding hydrogens is 387 g/mol. The molecule has 3 aromatic rings. The zero-order chi connectivity index (χ0) is 17.1. The van der Waals surface area contributed by atoms with E-state index in [9.17, 15) is 4.79 Å². The van der Waals surface area contributed by atoms with E-state index in [2.05, 4.69) is 17.4 Å². The Morgan fingerprint density at radius 3 is 2.32 bits per heavy atom. The van der Waals surface area contributed by atoms with Gasteiger partial charge in [0.2, 0.25) is 6.33 Å². The van der Waals surface area contributed by atoms with Gasteiger partial charge in [-0.25, -0.2) is 9.13 Å². The van der Waals surface area contributed by atoms with Crippen molar-refractivity contribution >= 4 is 11.6 Å². The number of rotatable bonds is 4. The summed E-state index contributed by atoms with van der Waals surface area (Å²) >= 11 is 0. The van der Waals surface area contributed by atoms with Gasteiger partial charge in [0.15, 0.2) is 12.2 Å². The zero-order valence-corrected chi connectivity index (χ0v) is 17.7. The van der Waals surface area contributed by atoms with Crippen LogP contribution in [0.15, 0.2) is 61.1 Å². The summed E-state index contributed by atoms with van der Waals surface area (Å²) in [6, 6.07) is 16.2. The van der Waals surface area contributed by atoms with Gasteiger partial charge in [-0.1, -0.05) is 48.5 Å². The number of carbonyl (C=O) groups excluding carboxylic acids is 1. The van der Waals surface area contributed by atoms with Crippen LogP contribution in [0.3, 0.4) is 0 Å². The average molecular weight is 409 g/mol. The van der Waals surface area contributed by atoms with Gasteiger partial charge in [0.1, 0.15) is 6.20 Å². The fraction of sp³-hybridized carbons (Fsp3) is 0.200. The summed E-state index contributed by atoms with van der Waals surface area (Å²) in [5, 5.41) is 3.03. The average Bonchev–Trinajstić information content (AvgIpc) is 2.92. The molecule has 0 saturated heterocycles. The molecule has 125 valence electrons. The molecule has 0 atom stereocenters. The van der Waals surface area contributed by atoms with Gasteiger partial charge in [0, 0.05) is 44.0 Å². The zero-order valence-electron chi connectivity index (χ0n) is 14.9. The minimum absolute atomic E-state index is 0. The van der Waals surface area contributed by atoms with E-state index >= 15 is 0 Å². The summed E-state index contributed by atoms with van der Waals surface area (Å²) in [7, 11) is 1.99. The number of aromatic nitrogens is 2. The number of benzene rings is 2. The third kappa shape index (κ3) is 4.65. The number of aryl methyl sites for hydroxylation is 3. The van der Waals surface area contributed by atoms with Crippen LogP contribution >= 0.6 is 0 Å². The van der Waals surface area contributed by atoms with E-state index in [0.717, 1.165) is 28.1 Å². The second-order valence-electron chi connectivity index (χ2n) is 6.09. The number of para-hydroxylation sites is 1. The van der Waals surface area contributed by atoms with E-state index in [0.29, 0.717) is 0 Å². The molecule has 1 heterocycles. The van der Waals surface area contributed by atoms with Gasteiger partial charge in [-0.2, -0.15) is 0 Å². The fourth-order valence-corrected chi connectivity index (χ4v) is 2.90. The van der Waals surface area contributed by atoms with E-state index in [4.69, 9.17) is 0 Å². The summed E-state index contributed by atoms with van der Waals surface area (Å²) in [6.07, 6.45) is 3.94. The molecule has 1 N–H and O–H groups in total. The molecule has 4 nitrogen and oxygen atoms in total. The van der Waals surface area contributed by atoms with Crippen LogP contribution in [0.25, 0.3) is 11.3 Å². The van der Waals surface area contributed by atoms with Crippen molar-refractivity contribution in [2.24, 2.45) is 7.05 Å². The largest absolute Gasteiger partial charge is 0.322 e. The summed E-state index contributed by atoms with van der Waals surface area (Å²) in [4.78, 5) is 12.4. The minimum Gasteiger partial charge on any atom is -0.322 e. The Hall–Kier alpha value is -1.78. The van der Waals surface area contributed by atoms with E-state index in [1.54, 1.807) is 0 Å². The maximum absolute atomic E-state index is 12.4. The van der Waals surface area contributed by atoms with Gasteiger partial charge < -0.3 is 5.32 Å². The molecule has 5 heteroatoms. The number of nitrogens with zero attached hydrogens (tertiary/aromatic N) is 2. The number of amides is 1. The Balaban J connectivity index is 0.00000225. The Bertz CT molecular complexity index is 852. The number of hydrogen-bond donors (Lipinski definition) is 1. The summed E-state index contributed by atoms with van der Waals surface area (Å²) in [5.41, 5.74) is 5.27. The molecule has 0 unspecified atom stereocenters. The van der Waals surface area contributed by atoms with Crippen molar-refractivity contribution in [1.82, 2.24) is 4.57 Å². The molecule has 0 bridgehead atoms. The molecule has 25 heavy (non-hydrogen) atoms. The second-order valence-corrected chi connectivity index (χ2v) is 6.09. The quantitative estimate of drug-likeness (QED) is 0.661. The predicted octanol–water partition coefficient (Wildman–Crippen LogP) is 3.23. The molecule has 0 fully saturated rings. The van der Waals surface area contributed by atoms with Crippen molar-refractivity contribution in [3.05, 3.63) is 72.2 Å². The first-order valence-corrected chi connectivity index (χ1v) is 8.01. The smallest absolute Gasteiger partial charge is 0.266 e. The van der Waals surface area contributed by atoms with Crippen LogP contribution in [0.4, 0.5) is 5.69 Å². The van der Waals surface area contributed by atoms with Crippen LogP contribution in [0.2, 0.25) is 0 Å². The first kappa shape index (κ1) is 19.5. The molecule has 0 spiro atoms. The van der Waals surface area contributed by atoms with Crippen LogP contribution in [0, 0.1) is 13.8 Å². The van der Waals surface area contributed by atoms with Gasteiger partial charge in [0.05, 0.1) is 7.05 Å². The number of hydrogen-bond acceptors (Lipinski definition) is 1. The van der Waals surface area contributed by atoms with Crippen LogP contribution in [0.1, 0.15) is 11.1 Å². The first-order chi connectivity index (χ1) is 11.5. The predicted molar refractivity (Wildman–Crippen MR) is 95.6 cm³/mol. The van der Waals surface area contributed by atoms with Crippen molar-refractivity contribution in [2.75, 3.05) is 5.32 Å². The Morgan fingerprint density at radius 2 is 1.68 bits per heavy atom. The van der Waals surface area contributed by atoms with E-state index in [-0.39, 0.29) is 45.2 Å². The first-order valence-electron chi connectivity index (χ1n) is 8.01. The number of anilines is 1. The molecule has 1 radical (unpaired) electrons. The summed E-state index contributed by atoms with van der Waals surface area (Å²) in [6.45, 7) is 4.30. The van der Waals surface area contributed by atoms with Crippen LogP contribution < -0.4 is 9.88 Å². The van der Waals surface area contributed by atoms with Crippen molar-refractivity contribution in [1.29, 1.82) is 0 Å². The molecule has 3 rings (SSSR count). The van der Waals surface area contributed by atoms with Crippen molar-refractivity contribution in [2.45, 2.75) is 20.4 Å². The van der Waals surface area contributed by atoms with Crippen molar-refractivity contribution in [3.63, 3.8) is 0 Å². The molecular formula is C20H22N3OY+. The van der Waals surface area contributed by atoms with Gasteiger partial charge >= 0.3 is 0 Å². The van der Waals surface area contributed by atoms with Crippen molar-refractivity contribution < 1.29 is 42.1 Å². The molecule has 0 aliphatic rings. The van der Waals surface area contributed by atoms with Crippen LogP contribution in [-0.4, -0.2) is 10.5 Å². The summed E-state index contributed by atoms with van der Waals surface area (Å²) < 4.78 is 3.94. The molecule has 2 aromatic carbocycles. The van der Waals surface area contributed by atoms with Gasteiger partial charge in [-0.3, -0.25) is 4.79 Å². The van der Waals surface area contributed by atoms with Gasteiger partial charge in [0.25, 0.3) is 5.91 Å². The topological polar surface area (TPSA) is 37.9 Å². The Morgan fingerprint density at radius 1 is 1.04 bits per heavy atom. The van der Waals surface area contributed by atoms with Crippen molar-refractivity contribution in [3.8, 4) is 11.3 Å². The molecule has 0 aliphatic heterocycles. The van der Waals surface area contributed by atoms with E-state index in [1.807, 2.05) is 79.0 Å². The van der Waals surface area contributed by atoms with Gasteiger partial charge in [-0.15, -0.1) is 0 Å². The monoisotopic (exact) mass is 409 g/mol. The Labute approximate surface area is 173 Å². The SMILES string of the molecule is Cc1cccc(C)c1NC(=O)C[n+]1cc(-c2ccccc2)n(C)c1.[Y]. The standard InChI is InChI=1S/C20H21N3O.Y/c1-15-8-7-9-16(2)20(15)21-19(24)13-23-12-18(22(3)14-23)17-10-5-4-6-11-17;/h4-12,14H,13H2,1-3H3;/p+1. The molecule has 0 aliphatic carbocycles. The minimum atomic E-state index is -0.0254. The third-order valence-corrected chi connectivity index (χ3v) is 4.13. The van der Waals surface area contributed by atoms with E-state index < -0.39 is 0 Å². The maximum Gasteiger partial charge on any atom is 0.266 e. The van der Waals surface area contributed by atoms with Gasteiger partial charge in [-0.05, 0) is 25.0 Å².